The van der Waals surface area contributed by atoms with Crippen LogP contribution >= 0.6 is 0 Å². The van der Waals surface area contributed by atoms with Crippen LogP contribution in [-0.2, 0) is 0 Å². The highest BCUT2D eigenvalue weighted by Gasteiger charge is 2.28. The van der Waals surface area contributed by atoms with E-state index in [4.69, 9.17) is 0 Å². The van der Waals surface area contributed by atoms with Crippen LogP contribution in [0, 0.1) is 11.8 Å². The van der Waals surface area contributed by atoms with Crippen LogP contribution in [0.1, 0.15) is 53.4 Å². The van der Waals surface area contributed by atoms with Crippen molar-refractivity contribution in [2.24, 2.45) is 11.8 Å². The van der Waals surface area contributed by atoms with Crippen molar-refractivity contribution < 1.29 is 0 Å². The Morgan fingerprint density at radius 1 is 1.33 bits per heavy atom. The van der Waals surface area contributed by atoms with Crippen molar-refractivity contribution in [2.75, 3.05) is 6.54 Å². The first kappa shape index (κ1) is 12.8. The van der Waals surface area contributed by atoms with Crippen LogP contribution in [0.3, 0.4) is 0 Å². The monoisotopic (exact) mass is 209 g/mol. The van der Waals surface area contributed by atoms with Gasteiger partial charge in [-0.3, -0.25) is 0 Å². The van der Waals surface area contributed by atoms with Crippen LogP contribution in [0.2, 0.25) is 0 Å². The molecule has 1 N–H and O–H groups in total. The Morgan fingerprint density at radius 3 is 2.53 bits per heavy atom. The number of nitrogens with one attached hydrogen (secondary N) is 1. The van der Waals surface area contributed by atoms with Crippen LogP contribution in [-0.4, -0.2) is 12.6 Å². The highest BCUT2D eigenvalue weighted by molar-refractivity contribution is 5.04. The average molecular weight is 209 g/mol. The van der Waals surface area contributed by atoms with Gasteiger partial charge in [-0.1, -0.05) is 38.3 Å². The fourth-order valence-corrected chi connectivity index (χ4v) is 2.77. The molecule has 0 aromatic carbocycles. The standard InChI is InChI=1S/C14H27N/c1-5-12-7-8-13(10-12)14(15-6-2)9-11(3)4/h9,12-15H,5-8,10H2,1-4H3. The fourth-order valence-electron chi connectivity index (χ4n) is 2.77. The van der Waals surface area contributed by atoms with Gasteiger partial charge in [0.05, 0.1) is 0 Å². The average Bonchev–Trinajstić information content (AvgIpc) is 2.64. The summed E-state index contributed by atoms with van der Waals surface area (Å²) >= 11 is 0. The van der Waals surface area contributed by atoms with Gasteiger partial charge in [0.2, 0.25) is 0 Å². The Morgan fingerprint density at radius 2 is 2.07 bits per heavy atom. The normalized spacial score (nSPS) is 27.7. The minimum atomic E-state index is 0.622. The molecule has 1 heteroatoms. The van der Waals surface area contributed by atoms with E-state index in [1.165, 1.54) is 31.3 Å². The molecule has 1 rings (SSSR count). The quantitative estimate of drug-likeness (QED) is 0.680. The van der Waals surface area contributed by atoms with E-state index in [1.54, 1.807) is 0 Å². The number of hydrogen-bond acceptors (Lipinski definition) is 1. The van der Waals surface area contributed by atoms with Crippen molar-refractivity contribution in [3.05, 3.63) is 11.6 Å². The smallest absolute Gasteiger partial charge is 0.0280 e. The maximum Gasteiger partial charge on any atom is 0.0280 e. The molecule has 0 bridgehead atoms. The van der Waals surface area contributed by atoms with Gasteiger partial charge < -0.3 is 5.32 Å². The minimum Gasteiger partial charge on any atom is -0.311 e. The molecule has 0 spiro atoms. The predicted molar refractivity (Wildman–Crippen MR) is 68.0 cm³/mol. The van der Waals surface area contributed by atoms with Gasteiger partial charge in [0.25, 0.3) is 0 Å². The van der Waals surface area contributed by atoms with Crippen LogP contribution in [0.15, 0.2) is 11.6 Å². The molecule has 1 fully saturated rings. The molecule has 0 heterocycles. The Balaban J connectivity index is 2.53. The molecule has 0 aromatic heterocycles. The first-order valence-corrected chi connectivity index (χ1v) is 6.55. The second-order valence-electron chi connectivity index (χ2n) is 5.17. The Labute approximate surface area is 95.3 Å². The summed E-state index contributed by atoms with van der Waals surface area (Å²) < 4.78 is 0. The third-order valence-corrected chi connectivity index (χ3v) is 3.62. The molecule has 1 saturated carbocycles. The predicted octanol–water partition coefficient (Wildman–Crippen LogP) is 3.76. The third-order valence-electron chi connectivity index (χ3n) is 3.62. The number of hydrogen-bond donors (Lipinski definition) is 1. The molecule has 1 aliphatic rings. The van der Waals surface area contributed by atoms with E-state index < -0.39 is 0 Å². The molecule has 88 valence electrons. The third kappa shape index (κ3) is 3.98. The first-order chi connectivity index (χ1) is 7.17. The Bertz CT molecular complexity index is 203. The molecule has 1 aliphatic carbocycles. The summed E-state index contributed by atoms with van der Waals surface area (Å²) in [4.78, 5) is 0. The molecule has 3 unspecified atom stereocenters. The summed E-state index contributed by atoms with van der Waals surface area (Å²) in [6, 6.07) is 0.622. The lowest BCUT2D eigenvalue weighted by atomic mass is 9.94. The van der Waals surface area contributed by atoms with E-state index in [0.717, 1.165) is 18.4 Å². The molecular weight excluding hydrogens is 182 g/mol. The zero-order valence-corrected chi connectivity index (χ0v) is 10.8. The largest absolute Gasteiger partial charge is 0.311 e. The number of likely N-dealkylation sites (N-methyl/N-ethyl adjacent to an activating group) is 1. The van der Waals surface area contributed by atoms with Gasteiger partial charge in [0, 0.05) is 6.04 Å². The molecule has 0 aliphatic heterocycles. The van der Waals surface area contributed by atoms with Gasteiger partial charge in [-0.2, -0.15) is 0 Å². The van der Waals surface area contributed by atoms with E-state index in [0.29, 0.717) is 6.04 Å². The lowest BCUT2D eigenvalue weighted by Gasteiger charge is -2.22. The summed E-state index contributed by atoms with van der Waals surface area (Å²) in [6.45, 7) is 10.0. The maximum absolute atomic E-state index is 3.62. The molecule has 0 amide bonds. The van der Waals surface area contributed by atoms with E-state index in [9.17, 15) is 0 Å². The van der Waals surface area contributed by atoms with E-state index in [-0.39, 0.29) is 0 Å². The molecule has 15 heavy (non-hydrogen) atoms. The topological polar surface area (TPSA) is 12.0 Å². The minimum absolute atomic E-state index is 0.622. The van der Waals surface area contributed by atoms with E-state index in [2.05, 4.69) is 39.1 Å². The highest BCUT2D eigenvalue weighted by Crippen LogP contribution is 2.35. The number of allylic oxidation sites excluding steroid dienone is 1. The number of rotatable bonds is 5. The van der Waals surface area contributed by atoms with E-state index >= 15 is 0 Å². The van der Waals surface area contributed by atoms with Crippen molar-refractivity contribution in [1.82, 2.24) is 5.32 Å². The molecule has 0 saturated heterocycles. The van der Waals surface area contributed by atoms with Crippen molar-refractivity contribution in [3.8, 4) is 0 Å². The molecular formula is C14H27N. The highest BCUT2D eigenvalue weighted by atomic mass is 14.9. The molecule has 3 atom stereocenters. The molecule has 0 radical (unpaired) electrons. The lowest BCUT2D eigenvalue weighted by molar-refractivity contribution is 0.399. The van der Waals surface area contributed by atoms with Crippen molar-refractivity contribution in [3.63, 3.8) is 0 Å². The zero-order valence-electron chi connectivity index (χ0n) is 10.8. The van der Waals surface area contributed by atoms with Crippen molar-refractivity contribution in [2.45, 2.75) is 59.4 Å². The first-order valence-electron chi connectivity index (χ1n) is 6.55. The fraction of sp³-hybridized carbons (Fsp3) is 0.857. The summed E-state index contributed by atoms with van der Waals surface area (Å²) in [5.41, 5.74) is 1.45. The lowest BCUT2D eigenvalue weighted by Crippen LogP contribution is -2.33. The van der Waals surface area contributed by atoms with Gasteiger partial charge in [0.1, 0.15) is 0 Å². The summed E-state index contributed by atoms with van der Waals surface area (Å²) in [6.07, 6.45) is 8.08. The van der Waals surface area contributed by atoms with Gasteiger partial charge in [-0.25, -0.2) is 0 Å². The SMILES string of the molecule is CCNC(C=C(C)C)C1CCC(CC)C1. The van der Waals surface area contributed by atoms with Crippen molar-refractivity contribution in [1.29, 1.82) is 0 Å². The summed E-state index contributed by atoms with van der Waals surface area (Å²) in [7, 11) is 0. The Hall–Kier alpha value is -0.300. The van der Waals surface area contributed by atoms with Gasteiger partial charge in [-0.05, 0) is 45.1 Å². The zero-order chi connectivity index (χ0) is 11.3. The van der Waals surface area contributed by atoms with Crippen LogP contribution < -0.4 is 5.32 Å². The van der Waals surface area contributed by atoms with Crippen molar-refractivity contribution >= 4 is 0 Å². The summed E-state index contributed by atoms with van der Waals surface area (Å²) in [5, 5.41) is 3.62. The van der Waals surface area contributed by atoms with Gasteiger partial charge in [0.15, 0.2) is 0 Å². The summed E-state index contributed by atoms with van der Waals surface area (Å²) in [5.74, 6) is 1.87. The van der Waals surface area contributed by atoms with Gasteiger partial charge >= 0.3 is 0 Å². The van der Waals surface area contributed by atoms with Gasteiger partial charge in [-0.15, -0.1) is 0 Å². The van der Waals surface area contributed by atoms with Crippen LogP contribution in [0.25, 0.3) is 0 Å². The van der Waals surface area contributed by atoms with E-state index in [1.807, 2.05) is 0 Å². The Kier molecular flexibility index (Phi) is 5.38. The van der Waals surface area contributed by atoms with Crippen LogP contribution in [0.4, 0.5) is 0 Å². The maximum atomic E-state index is 3.62. The molecule has 1 nitrogen and oxygen atoms in total. The van der Waals surface area contributed by atoms with Crippen LogP contribution in [0.5, 0.6) is 0 Å². The second kappa shape index (κ2) is 6.32. The second-order valence-corrected chi connectivity index (χ2v) is 5.17. The molecule has 0 aromatic rings.